The largest absolute Gasteiger partial charge is 0.469 e. The summed E-state index contributed by atoms with van der Waals surface area (Å²) in [5, 5.41) is 0. The zero-order chi connectivity index (χ0) is 67.2. The Morgan fingerprint density at radius 1 is 0.438 bits per heavy atom. The van der Waals surface area contributed by atoms with Gasteiger partial charge in [-0.25, -0.2) is 9.13 Å². The van der Waals surface area contributed by atoms with Crippen molar-refractivity contribution in [1.82, 2.24) is 4.57 Å². The third-order valence-electron chi connectivity index (χ3n) is 17.2. The van der Waals surface area contributed by atoms with Gasteiger partial charge in [-0.1, -0.05) is 201 Å². The summed E-state index contributed by atoms with van der Waals surface area (Å²) in [4.78, 5) is 58.6. The first-order valence-electron chi connectivity index (χ1n) is 32.8. The van der Waals surface area contributed by atoms with Crippen LogP contribution in [-0.4, -0.2) is 80.9 Å². The number of ether oxygens (including phenoxy) is 6. The number of carbonyl (C=O) groups is 5. The van der Waals surface area contributed by atoms with Gasteiger partial charge in [0, 0.05) is 20.0 Å². The second kappa shape index (κ2) is 41.7. The van der Waals surface area contributed by atoms with Crippen LogP contribution in [0.3, 0.4) is 0 Å². The van der Waals surface area contributed by atoms with Crippen LogP contribution in [-0.2, 0) is 66.0 Å². The molecule has 0 amide bonds. The number of unbranched alkanes of at least 4 members (excludes halogenated alkanes) is 6. The Hall–Kier alpha value is -6.54. The van der Waals surface area contributed by atoms with Gasteiger partial charge in [0.1, 0.15) is 25.1 Å². The highest BCUT2D eigenvalue weighted by Crippen LogP contribution is 2.28. The van der Waals surface area contributed by atoms with Crippen LogP contribution in [0.4, 0.5) is 0 Å². The van der Waals surface area contributed by atoms with E-state index in [0.29, 0.717) is 39.1 Å². The van der Waals surface area contributed by atoms with Gasteiger partial charge in [-0.2, -0.15) is 21.9 Å². The Bertz CT molecular complexity index is 2530. The summed E-state index contributed by atoms with van der Waals surface area (Å²) in [6, 6.07) is 43.5. The molecule has 4 aromatic carbocycles. The number of hydrogen-bond donors (Lipinski definition) is 0. The molecule has 0 N–H and O–H groups in total. The average Bonchev–Trinajstić information content (AvgIpc) is 0.976. The van der Waals surface area contributed by atoms with Crippen LogP contribution in [0.5, 0.6) is 0 Å². The molecule has 0 radical (unpaired) electrons. The number of rotatable bonds is 31. The van der Waals surface area contributed by atoms with E-state index in [1.807, 2.05) is 134 Å². The van der Waals surface area contributed by atoms with E-state index in [9.17, 15) is 24.0 Å². The molecular weight excluding hydrogens is 1120 g/mol. The van der Waals surface area contributed by atoms with Crippen molar-refractivity contribution in [1.29, 1.82) is 0 Å². The molecule has 0 atom stereocenters. The molecule has 1 heterocycles. The Labute approximate surface area is 538 Å². The van der Waals surface area contributed by atoms with Crippen LogP contribution in [0.1, 0.15) is 201 Å². The second-order valence-corrected chi connectivity index (χ2v) is 26.3. The van der Waals surface area contributed by atoms with Crippen LogP contribution < -0.4 is 26.4 Å². The van der Waals surface area contributed by atoms with Crippen molar-refractivity contribution in [2.45, 2.75) is 214 Å². The lowest BCUT2D eigenvalue weighted by molar-refractivity contribution is -0.671. The van der Waals surface area contributed by atoms with Gasteiger partial charge in [0.25, 0.3) is 0 Å². The van der Waals surface area contributed by atoms with E-state index < -0.39 is 23.3 Å². The summed E-state index contributed by atoms with van der Waals surface area (Å²) in [5.41, 5.74) is 3.19. The number of esters is 5. The lowest BCUT2D eigenvalue weighted by Gasteiger charge is -2.44. The Kier molecular flexibility index (Phi) is 37.7. The molecule has 5 rings (SSSR count). The molecule has 5 aromatic rings. The second-order valence-electron chi connectivity index (χ2n) is 26.3. The summed E-state index contributed by atoms with van der Waals surface area (Å²) in [6.07, 6.45) is 17.4. The van der Waals surface area contributed by atoms with Gasteiger partial charge in [0.05, 0.1) is 61.0 Å². The minimum Gasteiger partial charge on any atom is -0.469 e. The van der Waals surface area contributed by atoms with Crippen molar-refractivity contribution in [3.8, 4) is 0 Å². The van der Waals surface area contributed by atoms with E-state index in [1.54, 1.807) is 7.11 Å². The maximum absolute atomic E-state index is 12.4. The van der Waals surface area contributed by atoms with Crippen molar-refractivity contribution < 1.29 is 57.0 Å². The fourth-order valence-corrected chi connectivity index (χ4v) is 8.74. The molecule has 0 saturated heterocycles. The number of methoxy groups -OCH3 is 2. The molecule has 0 unspecified atom stereocenters. The zero-order valence-electron chi connectivity index (χ0n) is 58.5. The van der Waals surface area contributed by atoms with Crippen LogP contribution in [0.15, 0.2) is 140 Å². The highest BCUT2D eigenvalue weighted by molar-refractivity contribution is 7.19. The third-order valence-corrected chi connectivity index (χ3v) is 17.2. The van der Waals surface area contributed by atoms with Crippen LogP contribution in [0.25, 0.3) is 0 Å². The number of nitrogens with zero attached hydrogens (tertiary/aromatic N) is 2. The van der Waals surface area contributed by atoms with Crippen molar-refractivity contribution in [2.75, 3.05) is 34.0 Å². The third kappa shape index (κ3) is 28.5. The summed E-state index contributed by atoms with van der Waals surface area (Å²) in [6.45, 7) is 33.0. The predicted octanol–water partition coefficient (Wildman–Crippen LogP) is 14.4. The maximum Gasteiger partial charge on any atom is 0.314 e. The number of carbonyl (C=O) groups excluding carboxylic acids is 5. The Morgan fingerprint density at radius 3 is 1.09 bits per heavy atom. The molecule has 13 nitrogen and oxygen atoms in total. The van der Waals surface area contributed by atoms with E-state index in [-0.39, 0.29) is 46.1 Å². The van der Waals surface area contributed by atoms with Crippen molar-refractivity contribution in [2.24, 2.45) is 34.1 Å². The van der Waals surface area contributed by atoms with Crippen molar-refractivity contribution in [3.05, 3.63) is 140 Å². The summed E-state index contributed by atoms with van der Waals surface area (Å²) in [5.74, 6) is -0.977. The Balaban J connectivity index is 0.000000584. The SMILES string of the molecule is CCC(C)(C)C(=O)OC.CCC(C)(C)C(=O)OCCCn1cc[n+](C)c1.CCC(C)(C)C(=O)OCCOC.CCCCCCCCCC(OC(=O)C(C)(C)CC)OC(=O)C(C)(C)CC.c1ccc([B-](c2ccccc2)(c2ccccc2)c2ccccc2)cc1. The Morgan fingerprint density at radius 2 is 0.775 bits per heavy atom. The van der Waals surface area contributed by atoms with Crippen LogP contribution >= 0.6 is 0 Å². The minimum absolute atomic E-state index is 0.0990. The van der Waals surface area contributed by atoms with Crippen LogP contribution in [0.2, 0.25) is 0 Å². The van der Waals surface area contributed by atoms with Crippen LogP contribution in [0, 0.1) is 27.1 Å². The number of aromatic nitrogens is 2. The van der Waals surface area contributed by atoms with E-state index in [1.165, 1.54) is 61.1 Å². The molecule has 496 valence electrons. The average molecular weight is 1230 g/mol. The normalized spacial score (nSPS) is 11.6. The molecule has 0 spiro atoms. The van der Waals surface area contributed by atoms with E-state index in [2.05, 4.69) is 138 Å². The first-order chi connectivity index (χ1) is 42.1. The van der Waals surface area contributed by atoms with Gasteiger partial charge >= 0.3 is 29.8 Å². The topological polar surface area (TPSA) is 150 Å². The quantitative estimate of drug-likeness (QED) is 0.0104. The maximum atomic E-state index is 12.4. The fourth-order valence-electron chi connectivity index (χ4n) is 8.74. The summed E-state index contributed by atoms with van der Waals surface area (Å²) < 4.78 is 34.8. The zero-order valence-corrected chi connectivity index (χ0v) is 58.5. The van der Waals surface area contributed by atoms with Crippen molar-refractivity contribution >= 4 is 57.8 Å². The first kappa shape index (κ1) is 80.5. The van der Waals surface area contributed by atoms with Gasteiger partial charge in [-0.05, 0) is 108 Å². The molecule has 0 aliphatic heterocycles. The predicted molar refractivity (Wildman–Crippen MR) is 365 cm³/mol. The minimum atomic E-state index is -1.22. The van der Waals surface area contributed by atoms with E-state index in [4.69, 9.17) is 23.7 Å². The standard InChI is InChI=1S/C24H20B.C22H42O4.C13H23N2O2.C9H18O3.C7H14O2/c1-5-13-21(14-6-1)25(22-15-7-2-8-16-22,23-17-9-3-10-18-23)24-19-11-4-12-20-24;1-8-11-12-13-14-15-16-17-18(25-19(23)21(4,5)9-2)26-20(24)22(6,7)10-3;1-5-13(2,3)12(16)17-10-6-7-15-9-8-14(4)11-15;1-5-9(2,3)8(10)12-7-6-11-4;1-5-7(2,3)6(8)9-4/h1-20H;18H,8-17H2,1-7H3;8-9,11H,5-7,10H2,1-4H3;5-7H2,1-4H3;5H2,1-4H3/q-1;;+1;;. The van der Waals surface area contributed by atoms with Gasteiger partial charge in [0.15, 0.2) is 0 Å². The molecule has 0 aliphatic rings. The number of aryl methyl sites for hydroxylation is 2. The molecule has 89 heavy (non-hydrogen) atoms. The molecular formula is C75H117BN2O11. The molecule has 1 aromatic heterocycles. The number of hydrogen-bond acceptors (Lipinski definition) is 11. The van der Waals surface area contributed by atoms with E-state index >= 15 is 0 Å². The number of imidazole rings is 1. The lowest BCUT2D eigenvalue weighted by atomic mass is 9.13. The van der Waals surface area contributed by atoms with Gasteiger partial charge in [-0.3, -0.25) is 24.0 Å². The highest BCUT2D eigenvalue weighted by atomic mass is 16.7. The summed E-state index contributed by atoms with van der Waals surface area (Å²) >= 11 is 0. The van der Waals surface area contributed by atoms with E-state index in [0.717, 1.165) is 45.1 Å². The molecule has 0 saturated carbocycles. The lowest BCUT2D eigenvalue weighted by Crippen LogP contribution is -2.74. The monoisotopic (exact) mass is 1230 g/mol. The smallest absolute Gasteiger partial charge is 0.314 e. The molecule has 0 bridgehead atoms. The highest BCUT2D eigenvalue weighted by Gasteiger charge is 2.35. The summed E-state index contributed by atoms with van der Waals surface area (Å²) in [7, 11) is 4.98. The van der Waals surface area contributed by atoms with Gasteiger partial charge in [-0.15, -0.1) is 0 Å². The van der Waals surface area contributed by atoms with Gasteiger partial charge in [0.2, 0.25) is 12.6 Å². The molecule has 14 heteroatoms. The first-order valence-corrected chi connectivity index (χ1v) is 32.8. The van der Waals surface area contributed by atoms with Gasteiger partial charge < -0.3 is 28.4 Å². The molecule has 0 fully saturated rings. The number of benzene rings is 4. The fraction of sp³-hybridized carbons (Fsp3) is 0.573. The van der Waals surface area contributed by atoms with Crippen molar-refractivity contribution in [3.63, 3.8) is 0 Å². The molecule has 0 aliphatic carbocycles.